The molecule has 0 aromatic heterocycles. The molecule has 0 radical (unpaired) electrons. The monoisotopic (exact) mass is 261 g/mol. The SMILES string of the molecule is O=C(O)[C@@H]1[C@H](C(=O)Nc2ccccc2)[C@H]2CC[C@H]1O2. The molecule has 1 aromatic carbocycles. The minimum absolute atomic E-state index is 0.255. The lowest BCUT2D eigenvalue weighted by molar-refractivity contribution is -0.147. The number of rotatable bonds is 3. The molecule has 100 valence electrons. The average Bonchev–Trinajstić information content (AvgIpc) is 2.99. The number of carboxylic acids is 1. The maximum Gasteiger partial charge on any atom is 0.310 e. The molecule has 4 atom stereocenters. The highest BCUT2D eigenvalue weighted by atomic mass is 16.5. The van der Waals surface area contributed by atoms with Gasteiger partial charge in [0, 0.05) is 5.69 Å². The van der Waals surface area contributed by atoms with Crippen LogP contribution in [0.2, 0.25) is 0 Å². The molecule has 1 amide bonds. The van der Waals surface area contributed by atoms with Crippen LogP contribution >= 0.6 is 0 Å². The highest BCUT2D eigenvalue weighted by Crippen LogP contribution is 2.44. The Balaban J connectivity index is 1.77. The summed E-state index contributed by atoms with van der Waals surface area (Å²) in [5.41, 5.74) is 0.680. The number of hydrogen-bond acceptors (Lipinski definition) is 3. The molecule has 5 heteroatoms. The second-order valence-electron chi connectivity index (χ2n) is 5.04. The number of carboxylic acid groups (broad SMARTS) is 1. The molecule has 19 heavy (non-hydrogen) atoms. The molecule has 3 rings (SSSR count). The fourth-order valence-corrected chi connectivity index (χ4v) is 3.07. The van der Waals surface area contributed by atoms with Gasteiger partial charge in [0.05, 0.1) is 24.0 Å². The third-order valence-corrected chi connectivity index (χ3v) is 3.90. The summed E-state index contributed by atoms with van der Waals surface area (Å²) in [6.45, 7) is 0. The van der Waals surface area contributed by atoms with E-state index in [1.165, 1.54) is 0 Å². The lowest BCUT2D eigenvalue weighted by Crippen LogP contribution is -2.40. The Bertz CT molecular complexity index is 501. The standard InChI is InChI=1S/C14H15NO4/c16-13(15-8-4-2-1-3-5-8)11-9-6-7-10(19-9)12(11)14(17)18/h1-5,9-12H,6-7H2,(H,15,16)(H,17,18)/t9-,10-,11-,12+/m1/s1. The van der Waals surface area contributed by atoms with Crippen LogP contribution in [0.15, 0.2) is 30.3 Å². The van der Waals surface area contributed by atoms with E-state index in [9.17, 15) is 14.7 Å². The Hall–Kier alpha value is -1.88. The van der Waals surface area contributed by atoms with E-state index in [2.05, 4.69) is 5.32 Å². The van der Waals surface area contributed by atoms with Gasteiger partial charge in [-0.3, -0.25) is 9.59 Å². The van der Waals surface area contributed by atoms with Crippen LogP contribution in [0, 0.1) is 11.8 Å². The van der Waals surface area contributed by atoms with E-state index in [0.29, 0.717) is 5.69 Å². The maximum atomic E-state index is 12.3. The number of hydrogen-bond donors (Lipinski definition) is 2. The molecule has 0 unspecified atom stereocenters. The summed E-state index contributed by atoms with van der Waals surface area (Å²) in [6.07, 6.45) is 0.932. The molecule has 2 N–H and O–H groups in total. The minimum atomic E-state index is -0.944. The van der Waals surface area contributed by atoms with E-state index in [-0.39, 0.29) is 18.1 Å². The molecule has 2 fully saturated rings. The first-order valence-corrected chi connectivity index (χ1v) is 6.41. The van der Waals surface area contributed by atoms with Crippen molar-refractivity contribution in [2.24, 2.45) is 11.8 Å². The molecular formula is C14H15NO4. The molecule has 2 bridgehead atoms. The number of benzene rings is 1. The largest absolute Gasteiger partial charge is 0.481 e. The number of fused-ring (bicyclic) bond motifs is 2. The molecule has 1 aromatic rings. The van der Waals surface area contributed by atoms with E-state index >= 15 is 0 Å². The normalized spacial score (nSPS) is 32.2. The summed E-state index contributed by atoms with van der Waals surface area (Å²) in [5.74, 6) is -2.51. The van der Waals surface area contributed by atoms with Crippen molar-refractivity contribution in [2.45, 2.75) is 25.0 Å². The summed E-state index contributed by atoms with van der Waals surface area (Å²) < 4.78 is 5.58. The Morgan fingerprint density at radius 1 is 1.11 bits per heavy atom. The second-order valence-corrected chi connectivity index (χ2v) is 5.04. The highest BCUT2D eigenvalue weighted by molar-refractivity contribution is 5.96. The molecule has 0 spiro atoms. The Morgan fingerprint density at radius 2 is 1.74 bits per heavy atom. The number of nitrogens with one attached hydrogen (secondary N) is 1. The van der Waals surface area contributed by atoms with Crippen molar-refractivity contribution in [3.8, 4) is 0 Å². The number of ether oxygens (including phenoxy) is 1. The van der Waals surface area contributed by atoms with Crippen LogP contribution in [0.5, 0.6) is 0 Å². The summed E-state index contributed by atoms with van der Waals surface area (Å²) >= 11 is 0. The predicted octanol–water partition coefficient (Wildman–Crippen LogP) is 1.50. The Morgan fingerprint density at radius 3 is 2.37 bits per heavy atom. The molecule has 2 aliphatic rings. The van der Waals surface area contributed by atoms with Crippen LogP contribution in [0.25, 0.3) is 0 Å². The van der Waals surface area contributed by atoms with Crippen molar-refractivity contribution in [1.29, 1.82) is 0 Å². The molecule has 0 aliphatic carbocycles. The van der Waals surface area contributed by atoms with Crippen molar-refractivity contribution < 1.29 is 19.4 Å². The number of anilines is 1. The van der Waals surface area contributed by atoms with E-state index in [1.54, 1.807) is 12.1 Å². The third kappa shape index (κ3) is 2.10. The van der Waals surface area contributed by atoms with Crippen LogP contribution in [0.3, 0.4) is 0 Å². The van der Waals surface area contributed by atoms with Gasteiger partial charge in [-0.05, 0) is 25.0 Å². The van der Waals surface area contributed by atoms with Gasteiger partial charge in [0.2, 0.25) is 5.91 Å². The summed E-state index contributed by atoms with van der Waals surface area (Å²) in [6, 6.07) is 9.06. The Labute approximate surface area is 110 Å². The van der Waals surface area contributed by atoms with Crippen molar-refractivity contribution in [2.75, 3.05) is 5.32 Å². The van der Waals surface area contributed by atoms with Gasteiger partial charge in [-0.1, -0.05) is 18.2 Å². The Kier molecular flexibility index (Phi) is 2.98. The number of carbonyl (C=O) groups is 2. The van der Waals surface area contributed by atoms with E-state index in [1.807, 2.05) is 18.2 Å². The van der Waals surface area contributed by atoms with Crippen molar-refractivity contribution in [3.05, 3.63) is 30.3 Å². The fraction of sp³-hybridized carbons (Fsp3) is 0.429. The maximum absolute atomic E-state index is 12.3. The van der Waals surface area contributed by atoms with Crippen LogP contribution < -0.4 is 5.32 Å². The van der Waals surface area contributed by atoms with E-state index < -0.39 is 17.8 Å². The van der Waals surface area contributed by atoms with Gasteiger partial charge in [-0.15, -0.1) is 0 Å². The summed E-state index contributed by atoms with van der Waals surface area (Å²) in [5, 5.41) is 12.0. The van der Waals surface area contributed by atoms with Crippen molar-refractivity contribution in [1.82, 2.24) is 0 Å². The first-order chi connectivity index (χ1) is 9.16. The first kappa shape index (κ1) is 12.2. The molecule has 5 nitrogen and oxygen atoms in total. The summed E-state index contributed by atoms with van der Waals surface area (Å²) in [4.78, 5) is 23.6. The van der Waals surface area contributed by atoms with Crippen LogP contribution in [0.1, 0.15) is 12.8 Å². The second kappa shape index (κ2) is 4.66. The lowest BCUT2D eigenvalue weighted by atomic mass is 9.78. The molecule has 2 heterocycles. The van der Waals surface area contributed by atoms with Gasteiger partial charge in [0.15, 0.2) is 0 Å². The van der Waals surface area contributed by atoms with Gasteiger partial charge in [0.25, 0.3) is 0 Å². The van der Waals surface area contributed by atoms with Gasteiger partial charge in [0.1, 0.15) is 0 Å². The molecule has 2 aliphatic heterocycles. The zero-order chi connectivity index (χ0) is 13.4. The molecular weight excluding hydrogens is 246 g/mol. The van der Waals surface area contributed by atoms with E-state index in [0.717, 1.165) is 12.8 Å². The number of amides is 1. The lowest BCUT2D eigenvalue weighted by Gasteiger charge is -2.23. The average molecular weight is 261 g/mol. The quantitative estimate of drug-likeness (QED) is 0.864. The number of para-hydroxylation sites is 1. The van der Waals surface area contributed by atoms with Crippen LogP contribution in [-0.2, 0) is 14.3 Å². The van der Waals surface area contributed by atoms with Gasteiger partial charge < -0.3 is 15.2 Å². The number of aliphatic carboxylic acids is 1. The van der Waals surface area contributed by atoms with Gasteiger partial charge in [-0.2, -0.15) is 0 Å². The number of carbonyl (C=O) groups excluding carboxylic acids is 1. The smallest absolute Gasteiger partial charge is 0.310 e. The van der Waals surface area contributed by atoms with Gasteiger partial charge in [-0.25, -0.2) is 0 Å². The third-order valence-electron chi connectivity index (χ3n) is 3.90. The van der Waals surface area contributed by atoms with Crippen LogP contribution in [-0.4, -0.2) is 29.2 Å². The van der Waals surface area contributed by atoms with Gasteiger partial charge >= 0.3 is 5.97 Å². The van der Waals surface area contributed by atoms with Crippen molar-refractivity contribution >= 4 is 17.6 Å². The highest BCUT2D eigenvalue weighted by Gasteiger charge is 2.55. The summed E-state index contributed by atoms with van der Waals surface area (Å²) in [7, 11) is 0. The zero-order valence-electron chi connectivity index (χ0n) is 10.3. The zero-order valence-corrected chi connectivity index (χ0v) is 10.3. The first-order valence-electron chi connectivity index (χ1n) is 6.41. The van der Waals surface area contributed by atoms with Crippen molar-refractivity contribution in [3.63, 3.8) is 0 Å². The molecule has 2 saturated heterocycles. The molecule has 0 saturated carbocycles. The van der Waals surface area contributed by atoms with E-state index in [4.69, 9.17) is 4.74 Å². The topological polar surface area (TPSA) is 75.6 Å². The fourth-order valence-electron chi connectivity index (χ4n) is 3.07. The van der Waals surface area contributed by atoms with Crippen LogP contribution in [0.4, 0.5) is 5.69 Å². The predicted molar refractivity (Wildman–Crippen MR) is 67.6 cm³/mol. The minimum Gasteiger partial charge on any atom is -0.481 e.